The Labute approximate surface area is 79.8 Å². The molecule has 0 radical (unpaired) electrons. The highest BCUT2D eigenvalue weighted by molar-refractivity contribution is 4.70. The molecule has 0 amide bonds. The lowest BCUT2D eigenvalue weighted by atomic mass is 9.78. The first kappa shape index (κ1) is 14.5. The lowest BCUT2D eigenvalue weighted by Crippen LogP contribution is -2.18. The van der Waals surface area contributed by atoms with Gasteiger partial charge in [0.05, 0.1) is 0 Å². The van der Waals surface area contributed by atoms with Gasteiger partial charge in [0.1, 0.15) is 0 Å². The van der Waals surface area contributed by atoms with Crippen LogP contribution in [0.15, 0.2) is 0 Å². The Hall–Kier alpha value is 0. The second kappa shape index (κ2) is 7.64. The SMILES string of the molecule is CCC.CCC(CC)C(C)(C)C. The van der Waals surface area contributed by atoms with Crippen molar-refractivity contribution in [2.24, 2.45) is 11.3 Å². The van der Waals surface area contributed by atoms with Crippen molar-refractivity contribution in [3.8, 4) is 0 Å². The first-order valence-electron chi connectivity index (χ1n) is 5.43. The summed E-state index contributed by atoms with van der Waals surface area (Å²) in [4.78, 5) is 0. The van der Waals surface area contributed by atoms with Crippen molar-refractivity contribution in [3.63, 3.8) is 0 Å². The molecule has 0 fully saturated rings. The van der Waals surface area contributed by atoms with Crippen LogP contribution in [0.5, 0.6) is 0 Å². The van der Waals surface area contributed by atoms with Crippen molar-refractivity contribution in [1.29, 1.82) is 0 Å². The van der Waals surface area contributed by atoms with Gasteiger partial charge in [-0.25, -0.2) is 0 Å². The molecule has 0 saturated carbocycles. The van der Waals surface area contributed by atoms with Crippen molar-refractivity contribution in [1.82, 2.24) is 0 Å². The largest absolute Gasteiger partial charge is 0.0656 e. The third-order valence-electron chi connectivity index (χ3n) is 2.21. The summed E-state index contributed by atoms with van der Waals surface area (Å²) in [5, 5.41) is 0. The van der Waals surface area contributed by atoms with Crippen LogP contribution < -0.4 is 0 Å². The van der Waals surface area contributed by atoms with Gasteiger partial charge in [0, 0.05) is 0 Å². The zero-order valence-electron chi connectivity index (χ0n) is 10.2. The molecule has 0 atom stereocenters. The maximum absolute atomic E-state index is 2.32. The summed E-state index contributed by atoms with van der Waals surface area (Å²) in [6.07, 6.45) is 3.89. The van der Waals surface area contributed by atoms with Gasteiger partial charge >= 0.3 is 0 Å². The second-order valence-electron chi connectivity index (χ2n) is 4.59. The van der Waals surface area contributed by atoms with E-state index in [9.17, 15) is 0 Å². The van der Waals surface area contributed by atoms with E-state index in [-0.39, 0.29) is 0 Å². The average Bonchev–Trinajstić information content (AvgIpc) is 1.88. The van der Waals surface area contributed by atoms with Crippen LogP contribution in [-0.2, 0) is 0 Å². The van der Waals surface area contributed by atoms with Gasteiger partial charge in [-0.2, -0.15) is 0 Å². The molecule has 0 heterocycles. The fourth-order valence-corrected chi connectivity index (χ4v) is 1.51. The Morgan fingerprint density at radius 3 is 1.08 bits per heavy atom. The molecule has 0 spiro atoms. The van der Waals surface area contributed by atoms with E-state index in [1.54, 1.807) is 0 Å². The maximum Gasteiger partial charge on any atom is -0.0354 e. The minimum absolute atomic E-state index is 0.517. The van der Waals surface area contributed by atoms with Crippen molar-refractivity contribution < 1.29 is 0 Å². The van der Waals surface area contributed by atoms with Crippen LogP contribution in [0.25, 0.3) is 0 Å². The Morgan fingerprint density at radius 1 is 0.833 bits per heavy atom. The van der Waals surface area contributed by atoms with E-state index in [0.717, 1.165) is 5.92 Å². The quantitative estimate of drug-likeness (QED) is 0.556. The summed E-state index contributed by atoms with van der Waals surface area (Å²) in [5.74, 6) is 0.900. The zero-order chi connectivity index (χ0) is 10.2. The lowest BCUT2D eigenvalue weighted by molar-refractivity contribution is 0.226. The lowest BCUT2D eigenvalue weighted by Gasteiger charge is -2.28. The summed E-state index contributed by atoms with van der Waals surface area (Å²) >= 11 is 0. The van der Waals surface area contributed by atoms with E-state index in [2.05, 4.69) is 48.5 Å². The van der Waals surface area contributed by atoms with Gasteiger partial charge in [-0.1, -0.05) is 67.7 Å². The molecule has 0 aliphatic rings. The zero-order valence-corrected chi connectivity index (χ0v) is 10.2. The van der Waals surface area contributed by atoms with Gasteiger partial charge < -0.3 is 0 Å². The molecule has 0 heteroatoms. The van der Waals surface area contributed by atoms with Gasteiger partial charge in [0.2, 0.25) is 0 Å². The summed E-state index contributed by atoms with van der Waals surface area (Å²) in [7, 11) is 0. The molecular formula is C12H28. The van der Waals surface area contributed by atoms with E-state index < -0.39 is 0 Å². The predicted molar refractivity (Wildman–Crippen MR) is 59.5 cm³/mol. The Balaban J connectivity index is 0. The van der Waals surface area contributed by atoms with Crippen molar-refractivity contribution in [3.05, 3.63) is 0 Å². The molecule has 76 valence electrons. The molecule has 0 unspecified atom stereocenters. The maximum atomic E-state index is 2.32. The molecular weight excluding hydrogens is 144 g/mol. The van der Waals surface area contributed by atoms with Crippen LogP contribution in [0, 0.1) is 11.3 Å². The summed E-state index contributed by atoms with van der Waals surface area (Å²) in [5.41, 5.74) is 0.517. The summed E-state index contributed by atoms with van der Waals surface area (Å²) in [6, 6.07) is 0. The van der Waals surface area contributed by atoms with E-state index >= 15 is 0 Å². The van der Waals surface area contributed by atoms with E-state index in [1.165, 1.54) is 19.3 Å². The molecule has 0 aliphatic heterocycles. The standard InChI is InChI=1S/C9H20.C3H8/c1-6-8(7-2)9(3,4)5;1-3-2/h8H,6-7H2,1-5H3;3H2,1-2H3. The minimum atomic E-state index is 0.517. The third kappa shape index (κ3) is 8.10. The van der Waals surface area contributed by atoms with Gasteiger partial charge in [-0.15, -0.1) is 0 Å². The molecule has 0 saturated heterocycles. The van der Waals surface area contributed by atoms with Crippen LogP contribution in [0.4, 0.5) is 0 Å². The first-order valence-corrected chi connectivity index (χ1v) is 5.43. The molecule has 12 heavy (non-hydrogen) atoms. The number of hydrogen-bond donors (Lipinski definition) is 0. The molecule has 0 aromatic rings. The van der Waals surface area contributed by atoms with Crippen LogP contribution in [0.2, 0.25) is 0 Å². The van der Waals surface area contributed by atoms with Gasteiger partial charge in [-0.3, -0.25) is 0 Å². The third-order valence-corrected chi connectivity index (χ3v) is 2.21. The van der Waals surface area contributed by atoms with Crippen molar-refractivity contribution in [2.75, 3.05) is 0 Å². The normalized spacial score (nSPS) is 11.0. The minimum Gasteiger partial charge on any atom is -0.0656 e. The Bertz CT molecular complexity index is 72.5. The molecule has 0 aliphatic carbocycles. The Kier molecular flexibility index (Phi) is 9.24. The second-order valence-corrected chi connectivity index (χ2v) is 4.59. The van der Waals surface area contributed by atoms with Gasteiger partial charge in [0.15, 0.2) is 0 Å². The Morgan fingerprint density at radius 2 is 1.08 bits per heavy atom. The average molecular weight is 172 g/mol. The fourth-order valence-electron chi connectivity index (χ4n) is 1.51. The summed E-state index contributed by atoms with van der Waals surface area (Å²) in [6.45, 7) is 15.8. The molecule has 0 bridgehead atoms. The highest BCUT2D eigenvalue weighted by Crippen LogP contribution is 2.30. The van der Waals surface area contributed by atoms with Crippen LogP contribution >= 0.6 is 0 Å². The van der Waals surface area contributed by atoms with Crippen LogP contribution in [0.1, 0.15) is 67.7 Å². The van der Waals surface area contributed by atoms with Crippen molar-refractivity contribution >= 4 is 0 Å². The monoisotopic (exact) mass is 172 g/mol. The molecule has 0 N–H and O–H groups in total. The highest BCUT2D eigenvalue weighted by atomic mass is 14.3. The number of hydrogen-bond acceptors (Lipinski definition) is 0. The highest BCUT2D eigenvalue weighted by Gasteiger charge is 2.20. The predicted octanol–water partition coefficient (Wildman–Crippen LogP) is 4.89. The van der Waals surface area contributed by atoms with E-state index in [4.69, 9.17) is 0 Å². The van der Waals surface area contributed by atoms with Gasteiger partial charge in [-0.05, 0) is 11.3 Å². The summed E-state index contributed by atoms with van der Waals surface area (Å²) < 4.78 is 0. The topological polar surface area (TPSA) is 0 Å². The molecule has 0 aromatic heterocycles. The number of rotatable bonds is 2. The fraction of sp³-hybridized carbons (Fsp3) is 1.00. The molecule has 0 rings (SSSR count). The smallest absolute Gasteiger partial charge is 0.0354 e. The van der Waals surface area contributed by atoms with Crippen molar-refractivity contribution in [2.45, 2.75) is 67.7 Å². The first-order chi connectivity index (χ1) is 5.43. The van der Waals surface area contributed by atoms with Gasteiger partial charge in [0.25, 0.3) is 0 Å². The van der Waals surface area contributed by atoms with E-state index in [0.29, 0.717) is 5.41 Å². The molecule has 0 aromatic carbocycles. The molecule has 0 nitrogen and oxygen atoms in total. The van der Waals surface area contributed by atoms with Crippen LogP contribution in [0.3, 0.4) is 0 Å². The van der Waals surface area contributed by atoms with E-state index in [1.807, 2.05) is 0 Å². The van der Waals surface area contributed by atoms with Crippen LogP contribution in [-0.4, -0.2) is 0 Å².